The minimum atomic E-state index is 0.418. The quantitative estimate of drug-likeness (QED) is 0.479. The Labute approximate surface area is 63.6 Å². The second kappa shape index (κ2) is 2.26. The molecule has 0 radical (unpaired) electrons. The molecule has 0 bridgehead atoms. The number of rotatable bonds is 0. The normalized spacial score (nSPS) is 24.3. The Kier molecular flexibility index (Phi) is 1.72. The molecule has 0 aliphatic heterocycles. The summed E-state index contributed by atoms with van der Waals surface area (Å²) in [4.78, 5) is 0. The van der Waals surface area contributed by atoms with Gasteiger partial charge in [0.1, 0.15) is 0 Å². The van der Waals surface area contributed by atoms with Crippen molar-refractivity contribution in [1.82, 2.24) is 0 Å². The van der Waals surface area contributed by atoms with Crippen molar-refractivity contribution in [2.24, 2.45) is 5.41 Å². The molecule has 0 aromatic carbocycles. The molecule has 0 amide bonds. The first kappa shape index (κ1) is 7.59. The molecule has 0 atom stereocenters. The van der Waals surface area contributed by atoms with Gasteiger partial charge in [0.2, 0.25) is 0 Å². The van der Waals surface area contributed by atoms with E-state index >= 15 is 0 Å². The number of allylic oxidation sites excluding steroid dienone is 3. The second-order valence-electron chi connectivity index (χ2n) is 3.87. The van der Waals surface area contributed by atoms with Gasteiger partial charge in [-0.05, 0) is 25.2 Å². The van der Waals surface area contributed by atoms with Gasteiger partial charge in [-0.2, -0.15) is 0 Å². The third-order valence-corrected chi connectivity index (χ3v) is 2.56. The summed E-state index contributed by atoms with van der Waals surface area (Å²) in [5.74, 6) is 0. The Bertz CT molecular complexity index is 182. The van der Waals surface area contributed by atoms with Crippen LogP contribution in [0.2, 0.25) is 0 Å². The van der Waals surface area contributed by atoms with Gasteiger partial charge in [0, 0.05) is 0 Å². The lowest BCUT2D eigenvalue weighted by atomic mass is 9.75. The van der Waals surface area contributed by atoms with Crippen LogP contribution in [-0.4, -0.2) is 0 Å². The summed E-state index contributed by atoms with van der Waals surface area (Å²) in [6.45, 7) is 10.7. The zero-order valence-corrected chi connectivity index (χ0v) is 7.20. The van der Waals surface area contributed by atoms with Gasteiger partial charge >= 0.3 is 0 Å². The molecule has 0 aromatic heterocycles. The van der Waals surface area contributed by atoms with Crippen molar-refractivity contribution < 1.29 is 0 Å². The van der Waals surface area contributed by atoms with Crippen LogP contribution >= 0.6 is 0 Å². The molecule has 1 aliphatic carbocycles. The minimum absolute atomic E-state index is 0.418. The molecule has 56 valence electrons. The van der Waals surface area contributed by atoms with Gasteiger partial charge in [0.15, 0.2) is 0 Å². The largest absolute Gasteiger partial charge is 0.0958 e. The Morgan fingerprint density at radius 2 is 2.10 bits per heavy atom. The highest BCUT2D eigenvalue weighted by molar-refractivity contribution is 5.27. The van der Waals surface area contributed by atoms with Crippen LogP contribution in [0.5, 0.6) is 0 Å². The monoisotopic (exact) mass is 136 g/mol. The Hall–Kier alpha value is -0.520. The van der Waals surface area contributed by atoms with Crippen molar-refractivity contribution in [3.63, 3.8) is 0 Å². The third kappa shape index (κ3) is 1.31. The summed E-state index contributed by atoms with van der Waals surface area (Å²) in [7, 11) is 0. The highest BCUT2D eigenvalue weighted by Gasteiger charge is 2.22. The summed E-state index contributed by atoms with van der Waals surface area (Å²) in [6.07, 6.45) is 4.65. The molecule has 1 rings (SSSR count). The highest BCUT2D eigenvalue weighted by atomic mass is 14.3. The molecular weight excluding hydrogens is 120 g/mol. The van der Waals surface area contributed by atoms with Crippen LogP contribution in [-0.2, 0) is 0 Å². The van der Waals surface area contributed by atoms with Gasteiger partial charge in [-0.15, -0.1) is 0 Å². The predicted octanol–water partition coefficient (Wildman–Crippen LogP) is 3.31. The fourth-order valence-corrected chi connectivity index (χ4v) is 1.24. The fraction of sp³-hybridized carbons (Fsp3) is 0.600. The lowest BCUT2D eigenvalue weighted by molar-refractivity contribution is 0.397. The maximum absolute atomic E-state index is 3.95. The first-order chi connectivity index (χ1) is 4.52. The van der Waals surface area contributed by atoms with Gasteiger partial charge in [0.05, 0.1) is 0 Å². The number of hydrogen-bond donors (Lipinski definition) is 0. The zero-order valence-electron chi connectivity index (χ0n) is 7.20. The number of hydrogen-bond acceptors (Lipinski definition) is 0. The summed E-state index contributed by atoms with van der Waals surface area (Å²) in [5, 5.41) is 0. The highest BCUT2D eigenvalue weighted by Crippen LogP contribution is 2.37. The molecule has 10 heavy (non-hydrogen) atoms. The van der Waals surface area contributed by atoms with Crippen LogP contribution in [0.3, 0.4) is 0 Å². The summed E-state index contributed by atoms with van der Waals surface area (Å²) in [5.41, 5.74) is 3.18. The van der Waals surface area contributed by atoms with E-state index in [0.717, 1.165) is 0 Å². The van der Waals surface area contributed by atoms with Crippen molar-refractivity contribution in [2.75, 3.05) is 0 Å². The fourth-order valence-electron chi connectivity index (χ4n) is 1.24. The van der Waals surface area contributed by atoms with E-state index in [1.165, 1.54) is 24.0 Å². The van der Waals surface area contributed by atoms with E-state index in [1.807, 2.05) is 0 Å². The molecule has 0 saturated heterocycles. The molecule has 0 aromatic rings. The maximum atomic E-state index is 3.95. The van der Waals surface area contributed by atoms with Gasteiger partial charge < -0.3 is 0 Å². The van der Waals surface area contributed by atoms with Crippen LogP contribution in [0.1, 0.15) is 33.6 Å². The first-order valence-electron chi connectivity index (χ1n) is 3.89. The van der Waals surface area contributed by atoms with Crippen LogP contribution < -0.4 is 0 Å². The summed E-state index contributed by atoms with van der Waals surface area (Å²) >= 11 is 0. The SMILES string of the molecule is C=C1C=C(C)C(C)(C)CC1. The van der Waals surface area contributed by atoms with Gasteiger partial charge in [-0.25, -0.2) is 0 Å². The molecule has 0 heteroatoms. The van der Waals surface area contributed by atoms with Gasteiger partial charge in [0.25, 0.3) is 0 Å². The van der Waals surface area contributed by atoms with E-state index in [-0.39, 0.29) is 0 Å². The Morgan fingerprint density at radius 1 is 1.50 bits per heavy atom. The second-order valence-corrected chi connectivity index (χ2v) is 3.87. The third-order valence-electron chi connectivity index (χ3n) is 2.56. The van der Waals surface area contributed by atoms with Crippen LogP contribution in [0.15, 0.2) is 23.8 Å². The molecule has 0 fully saturated rings. The average molecular weight is 136 g/mol. The van der Waals surface area contributed by atoms with E-state index in [9.17, 15) is 0 Å². The molecule has 0 nitrogen and oxygen atoms in total. The zero-order chi connectivity index (χ0) is 7.78. The molecule has 1 aliphatic rings. The Balaban J connectivity index is 2.88. The van der Waals surface area contributed by atoms with E-state index in [0.29, 0.717) is 5.41 Å². The molecular formula is C10H16. The molecule has 0 unspecified atom stereocenters. The van der Waals surface area contributed by atoms with Crippen molar-refractivity contribution >= 4 is 0 Å². The maximum Gasteiger partial charge on any atom is -0.0141 e. The van der Waals surface area contributed by atoms with Crippen LogP contribution in [0.25, 0.3) is 0 Å². The van der Waals surface area contributed by atoms with Gasteiger partial charge in [-0.3, -0.25) is 0 Å². The first-order valence-corrected chi connectivity index (χ1v) is 3.89. The van der Waals surface area contributed by atoms with Crippen LogP contribution in [0, 0.1) is 5.41 Å². The Morgan fingerprint density at radius 3 is 2.50 bits per heavy atom. The van der Waals surface area contributed by atoms with Crippen molar-refractivity contribution in [2.45, 2.75) is 33.6 Å². The van der Waals surface area contributed by atoms with E-state index in [2.05, 4.69) is 33.4 Å². The van der Waals surface area contributed by atoms with Crippen LogP contribution in [0.4, 0.5) is 0 Å². The standard InChI is InChI=1S/C10H16/c1-8-5-6-10(3,4)9(2)7-8/h7H,1,5-6H2,2-4H3. The predicted molar refractivity (Wildman–Crippen MR) is 45.9 cm³/mol. The topological polar surface area (TPSA) is 0 Å². The molecule has 0 heterocycles. The molecule has 0 N–H and O–H groups in total. The molecule has 0 spiro atoms. The summed E-state index contributed by atoms with van der Waals surface area (Å²) < 4.78 is 0. The van der Waals surface area contributed by atoms with E-state index in [4.69, 9.17) is 0 Å². The van der Waals surface area contributed by atoms with E-state index in [1.54, 1.807) is 0 Å². The van der Waals surface area contributed by atoms with Crippen molar-refractivity contribution in [3.8, 4) is 0 Å². The van der Waals surface area contributed by atoms with Crippen molar-refractivity contribution in [1.29, 1.82) is 0 Å². The minimum Gasteiger partial charge on any atom is -0.0958 e. The van der Waals surface area contributed by atoms with Crippen molar-refractivity contribution in [3.05, 3.63) is 23.8 Å². The lowest BCUT2D eigenvalue weighted by Gasteiger charge is -2.30. The molecule has 0 saturated carbocycles. The van der Waals surface area contributed by atoms with Gasteiger partial charge in [-0.1, -0.05) is 37.6 Å². The lowest BCUT2D eigenvalue weighted by Crippen LogP contribution is -2.16. The smallest absolute Gasteiger partial charge is 0.0141 e. The van der Waals surface area contributed by atoms with E-state index < -0.39 is 0 Å². The average Bonchev–Trinajstić information content (AvgIpc) is 1.81. The summed E-state index contributed by atoms with van der Waals surface area (Å²) in [6, 6.07) is 0.